The Hall–Kier alpha value is -1.95. The first-order chi connectivity index (χ1) is 10.8. The van der Waals surface area contributed by atoms with Crippen LogP contribution in [0.4, 0.5) is 5.82 Å². The van der Waals surface area contributed by atoms with Crippen LogP contribution < -0.4 is 5.32 Å². The molecule has 0 spiro atoms. The number of pyridine rings is 1. The predicted octanol–water partition coefficient (Wildman–Crippen LogP) is 2.72. The normalized spacial score (nSPS) is 22.1. The minimum Gasteiger partial charge on any atom is -0.373 e. The Kier molecular flexibility index (Phi) is 3.54. The van der Waals surface area contributed by atoms with Crippen LogP contribution in [0.2, 0.25) is 0 Å². The standard InChI is InChI=1S/C16H21N5O/c1-17-14-7-6-12(9-18-14)15-19-16(22-20-15)13-3-2-8-21(13)10-11-4-5-11/h6-7,9,11,13H,2-5,8,10H2,1H3,(H,17,18)/t13-/m1/s1. The molecule has 2 aromatic heterocycles. The Morgan fingerprint density at radius 2 is 2.23 bits per heavy atom. The van der Waals surface area contributed by atoms with Gasteiger partial charge in [0, 0.05) is 25.4 Å². The van der Waals surface area contributed by atoms with Crippen molar-refractivity contribution in [1.29, 1.82) is 0 Å². The third kappa shape index (κ3) is 2.70. The van der Waals surface area contributed by atoms with Crippen LogP contribution in [0.15, 0.2) is 22.9 Å². The lowest BCUT2D eigenvalue weighted by Gasteiger charge is -2.20. The van der Waals surface area contributed by atoms with E-state index in [4.69, 9.17) is 4.52 Å². The Morgan fingerprint density at radius 3 is 2.95 bits per heavy atom. The van der Waals surface area contributed by atoms with Crippen molar-refractivity contribution in [2.24, 2.45) is 5.92 Å². The van der Waals surface area contributed by atoms with Gasteiger partial charge in [-0.1, -0.05) is 5.16 Å². The third-order valence-electron chi connectivity index (χ3n) is 4.56. The van der Waals surface area contributed by atoms with Crippen molar-refractivity contribution >= 4 is 5.82 Å². The fourth-order valence-electron chi connectivity index (χ4n) is 3.12. The fourth-order valence-corrected chi connectivity index (χ4v) is 3.12. The van der Waals surface area contributed by atoms with E-state index in [-0.39, 0.29) is 0 Å². The molecule has 22 heavy (non-hydrogen) atoms. The Bertz CT molecular complexity index is 634. The summed E-state index contributed by atoms with van der Waals surface area (Å²) in [5.74, 6) is 3.11. The summed E-state index contributed by atoms with van der Waals surface area (Å²) in [5, 5.41) is 7.15. The molecule has 4 rings (SSSR count). The number of rotatable bonds is 5. The lowest BCUT2D eigenvalue weighted by molar-refractivity contribution is 0.201. The van der Waals surface area contributed by atoms with Gasteiger partial charge in [-0.3, -0.25) is 4.90 Å². The van der Waals surface area contributed by atoms with Crippen LogP contribution in [-0.4, -0.2) is 40.2 Å². The van der Waals surface area contributed by atoms with Crippen molar-refractivity contribution in [3.05, 3.63) is 24.2 Å². The Labute approximate surface area is 129 Å². The average molecular weight is 299 g/mol. The molecule has 0 aromatic carbocycles. The van der Waals surface area contributed by atoms with E-state index < -0.39 is 0 Å². The summed E-state index contributed by atoms with van der Waals surface area (Å²) >= 11 is 0. The molecule has 6 nitrogen and oxygen atoms in total. The smallest absolute Gasteiger partial charge is 0.244 e. The summed E-state index contributed by atoms with van der Waals surface area (Å²) in [7, 11) is 1.85. The van der Waals surface area contributed by atoms with Crippen molar-refractivity contribution < 1.29 is 4.52 Å². The number of nitrogens with zero attached hydrogens (tertiary/aromatic N) is 4. The molecule has 2 aliphatic rings. The number of aromatic nitrogens is 3. The molecule has 116 valence electrons. The molecule has 0 amide bonds. The molecule has 1 N–H and O–H groups in total. The molecule has 1 aliphatic carbocycles. The van der Waals surface area contributed by atoms with Crippen LogP contribution in [0.25, 0.3) is 11.4 Å². The van der Waals surface area contributed by atoms with E-state index in [1.54, 1.807) is 6.20 Å². The highest BCUT2D eigenvalue weighted by atomic mass is 16.5. The van der Waals surface area contributed by atoms with Crippen LogP contribution in [0.1, 0.15) is 37.6 Å². The summed E-state index contributed by atoms with van der Waals surface area (Å²) in [6.07, 6.45) is 6.86. The molecular formula is C16H21N5O. The lowest BCUT2D eigenvalue weighted by Crippen LogP contribution is -2.25. The van der Waals surface area contributed by atoms with E-state index >= 15 is 0 Å². The van der Waals surface area contributed by atoms with E-state index in [1.165, 1.54) is 25.8 Å². The molecule has 1 saturated carbocycles. The first kappa shape index (κ1) is 13.7. The maximum absolute atomic E-state index is 5.55. The number of hydrogen-bond donors (Lipinski definition) is 1. The monoisotopic (exact) mass is 299 g/mol. The predicted molar refractivity (Wildman–Crippen MR) is 83.3 cm³/mol. The van der Waals surface area contributed by atoms with Gasteiger partial charge in [0.15, 0.2) is 0 Å². The number of hydrogen-bond acceptors (Lipinski definition) is 6. The Balaban J connectivity index is 1.52. The van der Waals surface area contributed by atoms with Crippen LogP contribution >= 0.6 is 0 Å². The van der Waals surface area contributed by atoms with Crippen molar-refractivity contribution in [3.63, 3.8) is 0 Å². The zero-order chi connectivity index (χ0) is 14.9. The molecule has 6 heteroatoms. The molecule has 1 atom stereocenters. The third-order valence-corrected chi connectivity index (χ3v) is 4.56. The fraction of sp³-hybridized carbons (Fsp3) is 0.562. The second kappa shape index (κ2) is 5.68. The van der Waals surface area contributed by atoms with Gasteiger partial charge >= 0.3 is 0 Å². The van der Waals surface area contributed by atoms with Gasteiger partial charge in [0.1, 0.15) is 5.82 Å². The van der Waals surface area contributed by atoms with Crippen molar-refractivity contribution in [3.8, 4) is 11.4 Å². The van der Waals surface area contributed by atoms with E-state index in [1.807, 2.05) is 19.2 Å². The minimum atomic E-state index is 0.298. The first-order valence-electron chi connectivity index (χ1n) is 8.05. The van der Waals surface area contributed by atoms with Gasteiger partial charge in [0.2, 0.25) is 11.7 Å². The topological polar surface area (TPSA) is 67.1 Å². The maximum atomic E-state index is 5.55. The second-order valence-electron chi connectivity index (χ2n) is 6.23. The van der Waals surface area contributed by atoms with E-state index in [0.29, 0.717) is 11.9 Å². The van der Waals surface area contributed by atoms with Crippen LogP contribution in [0.3, 0.4) is 0 Å². The van der Waals surface area contributed by atoms with Crippen molar-refractivity contribution in [1.82, 2.24) is 20.0 Å². The SMILES string of the molecule is CNc1ccc(-c2noc([C@H]3CCCN3CC3CC3)n2)cn1. The maximum Gasteiger partial charge on any atom is 0.244 e. The molecule has 0 radical (unpaired) electrons. The Morgan fingerprint density at radius 1 is 1.32 bits per heavy atom. The molecule has 1 aliphatic heterocycles. The van der Waals surface area contributed by atoms with Crippen molar-refractivity contribution in [2.75, 3.05) is 25.5 Å². The zero-order valence-electron chi connectivity index (χ0n) is 12.8. The summed E-state index contributed by atoms with van der Waals surface area (Å²) in [6, 6.07) is 4.18. The average Bonchev–Trinajstić information content (AvgIpc) is 3.04. The molecule has 3 heterocycles. The highest BCUT2D eigenvalue weighted by Gasteiger charge is 2.34. The summed E-state index contributed by atoms with van der Waals surface area (Å²) in [5.41, 5.74) is 0.890. The highest BCUT2D eigenvalue weighted by Crippen LogP contribution is 2.37. The number of likely N-dealkylation sites (tertiary alicyclic amines) is 1. The zero-order valence-corrected chi connectivity index (χ0v) is 12.8. The quantitative estimate of drug-likeness (QED) is 0.915. The molecule has 1 saturated heterocycles. The van der Waals surface area contributed by atoms with Crippen molar-refractivity contribution in [2.45, 2.75) is 31.7 Å². The summed E-state index contributed by atoms with van der Waals surface area (Å²) in [4.78, 5) is 11.4. The van der Waals surface area contributed by atoms with Gasteiger partial charge < -0.3 is 9.84 Å². The molecule has 0 bridgehead atoms. The number of anilines is 1. The largest absolute Gasteiger partial charge is 0.373 e. The molecule has 2 aromatic rings. The van der Waals surface area contributed by atoms with Gasteiger partial charge in [-0.25, -0.2) is 4.98 Å². The van der Waals surface area contributed by atoms with E-state index in [0.717, 1.165) is 36.2 Å². The van der Waals surface area contributed by atoms with Gasteiger partial charge in [-0.2, -0.15) is 4.98 Å². The van der Waals surface area contributed by atoms with Crippen LogP contribution in [0.5, 0.6) is 0 Å². The molecule has 2 fully saturated rings. The molecular weight excluding hydrogens is 278 g/mol. The lowest BCUT2D eigenvalue weighted by atomic mass is 10.2. The van der Waals surface area contributed by atoms with E-state index in [2.05, 4.69) is 25.3 Å². The summed E-state index contributed by atoms with van der Waals surface area (Å²) < 4.78 is 5.55. The van der Waals surface area contributed by atoms with Gasteiger partial charge in [0.25, 0.3) is 0 Å². The van der Waals surface area contributed by atoms with Gasteiger partial charge in [-0.05, 0) is 50.3 Å². The van der Waals surface area contributed by atoms with E-state index in [9.17, 15) is 0 Å². The van der Waals surface area contributed by atoms with Gasteiger partial charge in [-0.15, -0.1) is 0 Å². The number of nitrogens with one attached hydrogen (secondary N) is 1. The molecule has 0 unspecified atom stereocenters. The van der Waals surface area contributed by atoms with Gasteiger partial charge in [0.05, 0.1) is 6.04 Å². The van der Waals surface area contributed by atoms with Crippen LogP contribution in [-0.2, 0) is 0 Å². The first-order valence-corrected chi connectivity index (χ1v) is 8.05. The minimum absolute atomic E-state index is 0.298. The second-order valence-corrected chi connectivity index (χ2v) is 6.23. The highest BCUT2D eigenvalue weighted by molar-refractivity contribution is 5.55. The van der Waals surface area contributed by atoms with Crippen LogP contribution in [0, 0.1) is 5.92 Å². The summed E-state index contributed by atoms with van der Waals surface area (Å²) in [6.45, 7) is 2.33.